The highest BCUT2D eigenvalue weighted by Crippen LogP contribution is 2.06. The van der Waals surface area contributed by atoms with E-state index in [1.54, 1.807) is 48.5 Å². The van der Waals surface area contributed by atoms with E-state index in [-0.39, 0.29) is 13.0 Å². The maximum atomic E-state index is 12.3. The molecule has 0 aliphatic heterocycles. The molecule has 0 saturated heterocycles. The van der Waals surface area contributed by atoms with Gasteiger partial charge in [0.2, 0.25) is 0 Å². The minimum atomic E-state index is -2.05. The van der Waals surface area contributed by atoms with Crippen molar-refractivity contribution in [2.24, 2.45) is 0 Å². The van der Waals surface area contributed by atoms with E-state index in [1.807, 2.05) is 12.1 Å². The summed E-state index contributed by atoms with van der Waals surface area (Å²) in [6, 6.07) is 16.8. The van der Waals surface area contributed by atoms with E-state index in [1.165, 1.54) is 7.11 Å². The van der Waals surface area contributed by atoms with E-state index in [4.69, 9.17) is 0 Å². The Kier molecular flexibility index (Phi) is 8.32. The standard InChI is InChI=1S/C21H24N2O6/c1-29-21(28)16(12-14-8-4-2-5-9-14)23-20(27)18(25)17(24)19(26)22-13-15-10-6-3-7-11-15/h2-11,16-18,24-25H,12-13H2,1H3,(H,22,26)(H,23,27)/t16-,17?,18?/m1/s1. The van der Waals surface area contributed by atoms with Crippen LogP contribution in [0.15, 0.2) is 60.7 Å². The zero-order chi connectivity index (χ0) is 21.2. The quantitative estimate of drug-likeness (QED) is 0.437. The normalized spacial score (nSPS) is 13.6. The largest absolute Gasteiger partial charge is 0.467 e. The molecule has 0 heterocycles. The molecule has 2 amide bonds. The molecule has 0 saturated carbocycles. The predicted octanol–water partition coefficient (Wildman–Crippen LogP) is -0.0749. The molecule has 2 aromatic carbocycles. The number of aliphatic hydroxyl groups is 2. The molecule has 0 fully saturated rings. The number of rotatable bonds is 9. The number of ether oxygens (including phenoxy) is 1. The van der Waals surface area contributed by atoms with Crippen LogP contribution in [0.2, 0.25) is 0 Å². The highest BCUT2D eigenvalue weighted by atomic mass is 16.5. The number of esters is 1. The molecule has 2 unspecified atom stereocenters. The third kappa shape index (κ3) is 6.70. The molecule has 2 rings (SSSR count). The van der Waals surface area contributed by atoms with Crippen LogP contribution in [0.25, 0.3) is 0 Å². The molecule has 154 valence electrons. The van der Waals surface area contributed by atoms with Gasteiger partial charge in [0, 0.05) is 13.0 Å². The Morgan fingerprint density at radius 1 is 0.862 bits per heavy atom. The first-order valence-corrected chi connectivity index (χ1v) is 9.02. The Bertz CT molecular complexity index is 812. The van der Waals surface area contributed by atoms with Gasteiger partial charge in [-0.25, -0.2) is 4.79 Å². The fraction of sp³-hybridized carbons (Fsp3) is 0.286. The summed E-state index contributed by atoms with van der Waals surface area (Å²) in [5.41, 5.74) is 1.56. The molecule has 0 radical (unpaired) electrons. The van der Waals surface area contributed by atoms with Gasteiger partial charge in [0.05, 0.1) is 7.11 Å². The summed E-state index contributed by atoms with van der Waals surface area (Å²) in [6.45, 7) is 0.129. The summed E-state index contributed by atoms with van der Waals surface area (Å²) in [7, 11) is 1.18. The van der Waals surface area contributed by atoms with Gasteiger partial charge in [-0.05, 0) is 11.1 Å². The highest BCUT2D eigenvalue weighted by Gasteiger charge is 2.33. The molecule has 4 N–H and O–H groups in total. The van der Waals surface area contributed by atoms with Crippen molar-refractivity contribution in [3.8, 4) is 0 Å². The molecular formula is C21H24N2O6. The van der Waals surface area contributed by atoms with Crippen LogP contribution in [0.3, 0.4) is 0 Å². The summed E-state index contributed by atoms with van der Waals surface area (Å²) in [4.78, 5) is 36.3. The second-order valence-corrected chi connectivity index (χ2v) is 6.37. The van der Waals surface area contributed by atoms with E-state index in [9.17, 15) is 24.6 Å². The van der Waals surface area contributed by atoms with Crippen molar-refractivity contribution in [1.29, 1.82) is 0 Å². The molecule has 0 aromatic heterocycles. The smallest absolute Gasteiger partial charge is 0.328 e. The third-order valence-electron chi connectivity index (χ3n) is 4.23. The van der Waals surface area contributed by atoms with Gasteiger partial charge in [-0.1, -0.05) is 60.7 Å². The molecule has 2 aromatic rings. The predicted molar refractivity (Wildman–Crippen MR) is 104 cm³/mol. The van der Waals surface area contributed by atoms with Crippen LogP contribution in [0, 0.1) is 0 Å². The lowest BCUT2D eigenvalue weighted by atomic mass is 10.0. The van der Waals surface area contributed by atoms with Crippen LogP contribution >= 0.6 is 0 Å². The van der Waals surface area contributed by atoms with Crippen LogP contribution < -0.4 is 10.6 Å². The van der Waals surface area contributed by atoms with Crippen molar-refractivity contribution < 1.29 is 29.3 Å². The number of carbonyl (C=O) groups is 3. The Hall–Kier alpha value is -3.23. The summed E-state index contributed by atoms with van der Waals surface area (Å²) in [5.74, 6) is -2.68. The van der Waals surface area contributed by atoms with Crippen molar-refractivity contribution in [2.75, 3.05) is 7.11 Å². The molecule has 0 aliphatic rings. The van der Waals surface area contributed by atoms with Gasteiger partial charge in [-0.3, -0.25) is 9.59 Å². The van der Waals surface area contributed by atoms with Crippen molar-refractivity contribution in [3.63, 3.8) is 0 Å². The molecule has 3 atom stereocenters. The average Bonchev–Trinajstić information content (AvgIpc) is 2.76. The minimum absolute atomic E-state index is 0.127. The molecule has 0 spiro atoms. The van der Waals surface area contributed by atoms with Crippen LogP contribution in [-0.2, 0) is 32.1 Å². The van der Waals surface area contributed by atoms with E-state index >= 15 is 0 Å². The fourth-order valence-electron chi connectivity index (χ4n) is 2.62. The van der Waals surface area contributed by atoms with Crippen LogP contribution in [0.4, 0.5) is 0 Å². The number of benzene rings is 2. The van der Waals surface area contributed by atoms with Crippen LogP contribution in [0.5, 0.6) is 0 Å². The monoisotopic (exact) mass is 400 g/mol. The molecular weight excluding hydrogens is 376 g/mol. The molecule has 8 nitrogen and oxygen atoms in total. The second kappa shape index (κ2) is 10.9. The Labute approximate surface area is 168 Å². The lowest BCUT2D eigenvalue weighted by Gasteiger charge is -2.21. The maximum absolute atomic E-state index is 12.3. The van der Waals surface area contributed by atoms with Gasteiger partial charge in [-0.15, -0.1) is 0 Å². The topological polar surface area (TPSA) is 125 Å². The number of aliphatic hydroxyl groups excluding tert-OH is 2. The Morgan fingerprint density at radius 2 is 1.38 bits per heavy atom. The number of methoxy groups -OCH3 is 1. The number of nitrogens with one attached hydrogen (secondary N) is 2. The lowest BCUT2D eigenvalue weighted by Crippen LogP contribution is -2.53. The molecule has 0 bridgehead atoms. The van der Waals surface area contributed by atoms with E-state index in [2.05, 4.69) is 15.4 Å². The Balaban J connectivity index is 1.94. The van der Waals surface area contributed by atoms with Gasteiger partial charge in [0.25, 0.3) is 11.8 Å². The van der Waals surface area contributed by atoms with Crippen LogP contribution in [-0.4, -0.2) is 53.4 Å². The number of carbonyl (C=O) groups excluding carboxylic acids is 3. The number of amides is 2. The summed E-state index contributed by atoms with van der Waals surface area (Å²) >= 11 is 0. The van der Waals surface area contributed by atoms with Crippen molar-refractivity contribution >= 4 is 17.8 Å². The maximum Gasteiger partial charge on any atom is 0.328 e. The Morgan fingerprint density at radius 3 is 1.93 bits per heavy atom. The fourth-order valence-corrected chi connectivity index (χ4v) is 2.62. The summed E-state index contributed by atoms with van der Waals surface area (Å²) in [5, 5.41) is 24.8. The number of hydrogen-bond acceptors (Lipinski definition) is 6. The highest BCUT2D eigenvalue weighted by molar-refractivity contribution is 5.92. The van der Waals surface area contributed by atoms with Gasteiger partial charge in [-0.2, -0.15) is 0 Å². The second-order valence-electron chi connectivity index (χ2n) is 6.37. The van der Waals surface area contributed by atoms with E-state index in [0.717, 1.165) is 11.1 Å². The van der Waals surface area contributed by atoms with Gasteiger partial charge in [0.15, 0.2) is 12.2 Å². The van der Waals surface area contributed by atoms with Crippen molar-refractivity contribution in [1.82, 2.24) is 10.6 Å². The van der Waals surface area contributed by atoms with Gasteiger partial charge < -0.3 is 25.6 Å². The first-order chi connectivity index (χ1) is 13.9. The van der Waals surface area contributed by atoms with E-state index in [0.29, 0.717) is 0 Å². The number of hydrogen-bond donors (Lipinski definition) is 4. The zero-order valence-corrected chi connectivity index (χ0v) is 15.9. The van der Waals surface area contributed by atoms with Crippen molar-refractivity contribution in [2.45, 2.75) is 31.2 Å². The minimum Gasteiger partial charge on any atom is -0.467 e. The van der Waals surface area contributed by atoms with Gasteiger partial charge in [0.1, 0.15) is 6.04 Å². The van der Waals surface area contributed by atoms with Gasteiger partial charge >= 0.3 is 5.97 Å². The first-order valence-electron chi connectivity index (χ1n) is 9.02. The SMILES string of the molecule is COC(=O)[C@@H](Cc1ccccc1)NC(=O)C(O)C(O)C(=O)NCc1ccccc1. The third-order valence-corrected chi connectivity index (χ3v) is 4.23. The van der Waals surface area contributed by atoms with E-state index < -0.39 is 36.0 Å². The summed E-state index contributed by atoms with van der Waals surface area (Å²) < 4.78 is 4.68. The van der Waals surface area contributed by atoms with Crippen LogP contribution in [0.1, 0.15) is 11.1 Å². The zero-order valence-electron chi connectivity index (χ0n) is 15.9. The molecule has 29 heavy (non-hydrogen) atoms. The summed E-state index contributed by atoms with van der Waals surface area (Å²) in [6.07, 6.45) is -3.91. The van der Waals surface area contributed by atoms with Crippen molar-refractivity contribution in [3.05, 3.63) is 71.8 Å². The molecule has 0 aliphatic carbocycles. The average molecular weight is 400 g/mol. The lowest BCUT2D eigenvalue weighted by molar-refractivity contribution is -0.150. The first kappa shape index (κ1) is 22.1. The molecule has 8 heteroatoms.